The molecule has 0 spiro atoms. The van der Waals surface area contributed by atoms with E-state index in [0.29, 0.717) is 6.73 Å². The van der Waals surface area contributed by atoms with E-state index in [1.807, 2.05) is 6.92 Å². The van der Waals surface area contributed by atoms with E-state index in [9.17, 15) is 4.79 Å². The molecule has 0 fully saturated rings. The van der Waals surface area contributed by atoms with Crippen LogP contribution in [0.3, 0.4) is 0 Å². The number of carbonyl (C=O) groups is 1. The molecule has 0 aromatic carbocycles. The summed E-state index contributed by atoms with van der Waals surface area (Å²) in [6.45, 7) is 7.54. The second-order valence-corrected chi connectivity index (χ2v) is 2.77. The van der Waals surface area contributed by atoms with Gasteiger partial charge in [-0.1, -0.05) is 13.3 Å². The third-order valence-corrected chi connectivity index (χ3v) is 1.72. The molecule has 0 aliphatic carbocycles. The molecule has 0 aliphatic rings. The Morgan fingerprint density at radius 2 is 2.08 bits per heavy atom. The predicted octanol–water partition coefficient (Wildman–Crippen LogP) is 1.63. The van der Waals surface area contributed by atoms with E-state index in [4.69, 9.17) is 4.74 Å². The van der Waals surface area contributed by atoms with Gasteiger partial charge < -0.3 is 9.64 Å². The summed E-state index contributed by atoms with van der Waals surface area (Å²) in [7, 11) is 0. The van der Waals surface area contributed by atoms with Gasteiger partial charge in [-0.3, -0.25) is 4.79 Å². The summed E-state index contributed by atoms with van der Waals surface area (Å²) in [6.07, 6.45) is 2.20. The fourth-order valence-electron chi connectivity index (χ4n) is 0.826. The second kappa shape index (κ2) is 7.10. The standard InChI is InChI=1S/C9H19NO2/c1-4-6-7-12-8-10(5-2)9(3)11/h4-8H2,1-3H3. The summed E-state index contributed by atoms with van der Waals surface area (Å²) < 4.78 is 5.29. The Balaban J connectivity index is 3.38. The molecular formula is C9H19NO2. The Bertz CT molecular complexity index is 126. The quantitative estimate of drug-likeness (QED) is 0.451. The predicted molar refractivity (Wildman–Crippen MR) is 48.8 cm³/mol. The second-order valence-electron chi connectivity index (χ2n) is 2.77. The number of nitrogens with zero attached hydrogens (tertiary/aromatic N) is 1. The number of carbonyl (C=O) groups excluding carboxylic acids is 1. The summed E-state index contributed by atoms with van der Waals surface area (Å²) in [5, 5.41) is 0. The van der Waals surface area contributed by atoms with Gasteiger partial charge in [-0.05, 0) is 13.3 Å². The molecule has 0 aromatic heterocycles. The minimum atomic E-state index is 0.0778. The van der Waals surface area contributed by atoms with Crippen LogP contribution in [-0.2, 0) is 9.53 Å². The van der Waals surface area contributed by atoms with Crippen LogP contribution in [0.25, 0.3) is 0 Å². The highest BCUT2D eigenvalue weighted by Gasteiger charge is 2.03. The van der Waals surface area contributed by atoms with Crippen LogP contribution in [-0.4, -0.2) is 30.7 Å². The molecule has 0 atom stereocenters. The van der Waals surface area contributed by atoms with E-state index < -0.39 is 0 Å². The minimum Gasteiger partial charge on any atom is -0.361 e. The summed E-state index contributed by atoms with van der Waals surface area (Å²) in [6, 6.07) is 0. The van der Waals surface area contributed by atoms with Crippen LogP contribution in [0.4, 0.5) is 0 Å². The monoisotopic (exact) mass is 173 g/mol. The van der Waals surface area contributed by atoms with Crippen molar-refractivity contribution < 1.29 is 9.53 Å². The number of hydrogen-bond acceptors (Lipinski definition) is 2. The fraction of sp³-hybridized carbons (Fsp3) is 0.889. The van der Waals surface area contributed by atoms with Gasteiger partial charge in [-0.15, -0.1) is 0 Å². The molecule has 72 valence electrons. The number of amides is 1. The first-order valence-electron chi connectivity index (χ1n) is 4.55. The van der Waals surface area contributed by atoms with Crippen LogP contribution in [0.15, 0.2) is 0 Å². The van der Waals surface area contributed by atoms with Gasteiger partial charge in [0.2, 0.25) is 5.91 Å². The normalized spacial score (nSPS) is 9.92. The van der Waals surface area contributed by atoms with Crippen molar-refractivity contribution in [2.75, 3.05) is 19.9 Å². The molecule has 0 saturated heterocycles. The van der Waals surface area contributed by atoms with Gasteiger partial charge in [-0.2, -0.15) is 0 Å². The van der Waals surface area contributed by atoms with Crippen LogP contribution < -0.4 is 0 Å². The molecule has 12 heavy (non-hydrogen) atoms. The third kappa shape index (κ3) is 5.13. The summed E-state index contributed by atoms with van der Waals surface area (Å²) in [5.41, 5.74) is 0. The van der Waals surface area contributed by atoms with Gasteiger partial charge in [0.1, 0.15) is 6.73 Å². The van der Waals surface area contributed by atoms with Crippen molar-refractivity contribution in [1.82, 2.24) is 4.90 Å². The largest absolute Gasteiger partial charge is 0.361 e. The van der Waals surface area contributed by atoms with Crippen molar-refractivity contribution in [1.29, 1.82) is 0 Å². The molecule has 3 heteroatoms. The Hall–Kier alpha value is -0.570. The molecule has 0 heterocycles. The number of unbranched alkanes of at least 4 members (excludes halogenated alkanes) is 1. The van der Waals surface area contributed by atoms with Crippen molar-refractivity contribution in [2.24, 2.45) is 0 Å². The van der Waals surface area contributed by atoms with Crippen molar-refractivity contribution in [2.45, 2.75) is 33.6 Å². The summed E-state index contributed by atoms with van der Waals surface area (Å²) in [4.78, 5) is 12.6. The van der Waals surface area contributed by atoms with Crippen LogP contribution >= 0.6 is 0 Å². The van der Waals surface area contributed by atoms with E-state index in [-0.39, 0.29) is 5.91 Å². The smallest absolute Gasteiger partial charge is 0.221 e. The Morgan fingerprint density at radius 3 is 2.50 bits per heavy atom. The number of ether oxygens (including phenoxy) is 1. The van der Waals surface area contributed by atoms with Gasteiger partial charge in [-0.25, -0.2) is 0 Å². The Kier molecular flexibility index (Phi) is 6.76. The maximum absolute atomic E-state index is 10.9. The zero-order valence-electron chi connectivity index (χ0n) is 8.30. The first-order chi connectivity index (χ1) is 5.72. The number of rotatable bonds is 6. The lowest BCUT2D eigenvalue weighted by atomic mass is 10.4. The van der Waals surface area contributed by atoms with Crippen molar-refractivity contribution in [3.05, 3.63) is 0 Å². The first kappa shape index (κ1) is 11.4. The molecule has 3 nitrogen and oxygen atoms in total. The lowest BCUT2D eigenvalue weighted by Crippen LogP contribution is -2.30. The van der Waals surface area contributed by atoms with Crippen molar-refractivity contribution in [3.63, 3.8) is 0 Å². The SMILES string of the molecule is CCCCOCN(CC)C(C)=O. The lowest BCUT2D eigenvalue weighted by Gasteiger charge is -2.18. The highest BCUT2D eigenvalue weighted by Crippen LogP contribution is 1.92. The minimum absolute atomic E-state index is 0.0778. The molecule has 1 amide bonds. The molecule has 0 radical (unpaired) electrons. The molecule has 0 bridgehead atoms. The topological polar surface area (TPSA) is 29.5 Å². The van der Waals surface area contributed by atoms with Crippen LogP contribution in [0.1, 0.15) is 33.6 Å². The average Bonchev–Trinajstić information content (AvgIpc) is 2.04. The molecule has 0 aromatic rings. The third-order valence-electron chi connectivity index (χ3n) is 1.72. The average molecular weight is 173 g/mol. The van der Waals surface area contributed by atoms with E-state index in [0.717, 1.165) is 26.0 Å². The number of hydrogen-bond donors (Lipinski definition) is 0. The van der Waals surface area contributed by atoms with Gasteiger partial charge in [0.05, 0.1) is 0 Å². The highest BCUT2D eigenvalue weighted by molar-refractivity contribution is 5.72. The van der Waals surface area contributed by atoms with Crippen LogP contribution in [0, 0.1) is 0 Å². The van der Waals surface area contributed by atoms with E-state index >= 15 is 0 Å². The maximum atomic E-state index is 10.9. The zero-order valence-corrected chi connectivity index (χ0v) is 8.30. The molecule has 0 saturated carbocycles. The van der Waals surface area contributed by atoms with Gasteiger partial charge >= 0.3 is 0 Å². The highest BCUT2D eigenvalue weighted by atomic mass is 16.5. The Labute approximate surface area is 74.7 Å². The Morgan fingerprint density at radius 1 is 1.42 bits per heavy atom. The summed E-state index contributed by atoms with van der Waals surface area (Å²) in [5.74, 6) is 0.0778. The lowest BCUT2D eigenvalue weighted by molar-refractivity contribution is -0.134. The van der Waals surface area contributed by atoms with E-state index in [1.165, 1.54) is 0 Å². The molecule has 0 rings (SSSR count). The fourth-order valence-corrected chi connectivity index (χ4v) is 0.826. The molecular weight excluding hydrogens is 154 g/mol. The molecule has 0 N–H and O–H groups in total. The van der Waals surface area contributed by atoms with Crippen LogP contribution in [0.2, 0.25) is 0 Å². The molecule has 0 aliphatic heterocycles. The van der Waals surface area contributed by atoms with Gasteiger partial charge in [0.25, 0.3) is 0 Å². The maximum Gasteiger partial charge on any atom is 0.221 e. The van der Waals surface area contributed by atoms with Crippen molar-refractivity contribution >= 4 is 5.91 Å². The van der Waals surface area contributed by atoms with Crippen molar-refractivity contribution in [3.8, 4) is 0 Å². The van der Waals surface area contributed by atoms with Gasteiger partial charge in [0.15, 0.2) is 0 Å². The van der Waals surface area contributed by atoms with Crippen LogP contribution in [0.5, 0.6) is 0 Å². The molecule has 0 unspecified atom stereocenters. The zero-order chi connectivity index (χ0) is 9.40. The van der Waals surface area contributed by atoms with Gasteiger partial charge in [0, 0.05) is 20.1 Å². The summed E-state index contributed by atoms with van der Waals surface area (Å²) >= 11 is 0. The first-order valence-corrected chi connectivity index (χ1v) is 4.55. The van der Waals surface area contributed by atoms with E-state index in [1.54, 1.807) is 11.8 Å². The van der Waals surface area contributed by atoms with E-state index in [2.05, 4.69) is 6.92 Å².